The highest BCUT2D eigenvalue weighted by molar-refractivity contribution is 5.80. The van der Waals surface area contributed by atoms with Gasteiger partial charge in [0.15, 0.2) is 0 Å². The van der Waals surface area contributed by atoms with E-state index in [2.05, 4.69) is 35.5 Å². The van der Waals surface area contributed by atoms with E-state index < -0.39 is 0 Å². The molecule has 170 valence electrons. The van der Waals surface area contributed by atoms with Crippen molar-refractivity contribution in [2.24, 2.45) is 0 Å². The van der Waals surface area contributed by atoms with Gasteiger partial charge in [0.25, 0.3) is 0 Å². The van der Waals surface area contributed by atoms with Crippen molar-refractivity contribution < 1.29 is 9.18 Å². The molecule has 0 saturated heterocycles. The van der Waals surface area contributed by atoms with Crippen LogP contribution < -0.4 is 10.6 Å². The van der Waals surface area contributed by atoms with Crippen LogP contribution in [0.2, 0.25) is 0 Å². The van der Waals surface area contributed by atoms with E-state index in [9.17, 15) is 9.18 Å². The molecule has 0 radical (unpaired) electrons. The highest BCUT2D eigenvalue weighted by atomic mass is 19.1. The summed E-state index contributed by atoms with van der Waals surface area (Å²) in [6, 6.07) is 8.70. The van der Waals surface area contributed by atoms with Gasteiger partial charge in [-0.2, -0.15) is 0 Å². The zero-order valence-corrected chi connectivity index (χ0v) is 18.9. The molecule has 7 heteroatoms. The monoisotopic (exact) mass is 437 g/mol. The van der Waals surface area contributed by atoms with E-state index in [1.807, 2.05) is 10.7 Å². The Hall–Kier alpha value is -2.96. The SMILES string of the molecule is CCCCCC(C)Nc1ncc2c(Nc3ccc(F)cc3)cc(C3CCC(=O)CC3)n2n1. The van der Waals surface area contributed by atoms with E-state index >= 15 is 0 Å². The van der Waals surface area contributed by atoms with Crippen LogP contribution in [0.4, 0.5) is 21.7 Å². The van der Waals surface area contributed by atoms with E-state index in [1.54, 1.807) is 12.1 Å². The van der Waals surface area contributed by atoms with Gasteiger partial charge in [-0.15, -0.1) is 5.10 Å². The molecule has 2 N–H and O–H groups in total. The summed E-state index contributed by atoms with van der Waals surface area (Å²) in [7, 11) is 0. The van der Waals surface area contributed by atoms with Gasteiger partial charge in [0, 0.05) is 36.2 Å². The number of benzene rings is 1. The van der Waals surface area contributed by atoms with Crippen LogP contribution in [0.25, 0.3) is 5.52 Å². The lowest BCUT2D eigenvalue weighted by molar-refractivity contribution is -0.120. The fraction of sp³-hybridized carbons (Fsp3) is 0.480. The smallest absolute Gasteiger partial charge is 0.241 e. The predicted octanol–water partition coefficient (Wildman–Crippen LogP) is 6.22. The van der Waals surface area contributed by atoms with E-state index in [0.717, 1.165) is 41.8 Å². The van der Waals surface area contributed by atoms with Gasteiger partial charge >= 0.3 is 0 Å². The third kappa shape index (κ3) is 5.26. The van der Waals surface area contributed by atoms with Gasteiger partial charge in [0.1, 0.15) is 17.1 Å². The molecule has 6 nitrogen and oxygen atoms in total. The first kappa shape index (κ1) is 22.2. The van der Waals surface area contributed by atoms with Crippen LogP contribution in [-0.4, -0.2) is 26.4 Å². The number of fused-ring (bicyclic) bond motifs is 1. The van der Waals surface area contributed by atoms with Crippen molar-refractivity contribution in [3.63, 3.8) is 0 Å². The van der Waals surface area contributed by atoms with Crippen LogP contribution in [0.1, 0.15) is 76.8 Å². The Morgan fingerprint density at radius 3 is 2.66 bits per heavy atom. The van der Waals surface area contributed by atoms with Crippen LogP contribution in [0.5, 0.6) is 0 Å². The number of Topliss-reactive ketones (excluding diaryl/α,β-unsaturated/α-hetero) is 1. The third-order valence-electron chi connectivity index (χ3n) is 6.25. The molecule has 2 aromatic heterocycles. The first-order chi connectivity index (χ1) is 15.5. The Labute approximate surface area is 188 Å². The first-order valence-electron chi connectivity index (χ1n) is 11.7. The van der Waals surface area contributed by atoms with Crippen molar-refractivity contribution in [3.8, 4) is 0 Å². The van der Waals surface area contributed by atoms with Gasteiger partial charge in [-0.05, 0) is 56.5 Å². The van der Waals surface area contributed by atoms with E-state index in [4.69, 9.17) is 5.10 Å². The summed E-state index contributed by atoms with van der Waals surface area (Å²) in [5.41, 5.74) is 3.63. The molecule has 0 amide bonds. The van der Waals surface area contributed by atoms with E-state index in [-0.39, 0.29) is 11.7 Å². The van der Waals surface area contributed by atoms with Crippen molar-refractivity contribution in [2.45, 2.75) is 77.2 Å². The van der Waals surface area contributed by atoms with Gasteiger partial charge in [0.2, 0.25) is 5.95 Å². The standard InChI is InChI=1S/C25H32FN5O/c1-3-4-5-6-17(2)28-25-27-16-24-22(29-20-11-9-19(26)10-12-20)15-23(31(24)30-25)18-7-13-21(32)14-8-18/h9-12,15-18,29H,3-8,13-14H2,1-2H3,(H,28,30). The molecule has 2 heterocycles. The summed E-state index contributed by atoms with van der Waals surface area (Å²) in [5.74, 6) is 0.953. The normalized spacial score (nSPS) is 15.8. The van der Waals surface area contributed by atoms with Crippen molar-refractivity contribution in [1.82, 2.24) is 14.6 Å². The highest BCUT2D eigenvalue weighted by Crippen LogP contribution is 2.36. The maximum Gasteiger partial charge on any atom is 0.241 e. The van der Waals surface area contributed by atoms with E-state index in [0.29, 0.717) is 30.6 Å². The lowest BCUT2D eigenvalue weighted by atomic mass is 9.86. The zero-order valence-electron chi connectivity index (χ0n) is 18.9. The van der Waals surface area contributed by atoms with Gasteiger partial charge in [-0.1, -0.05) is 26.2 Å². The summed E-state index contributed by atoms with van der Waals surface area (Å²) in [6.45, 7) is 4.37. The first-order valence-corrected chi connectivity index (χ1v) is 11.7. The number of aromatic nitrogens is 3. The topological polar surface area (TPSA) is 71.3 Å². The minimum atomic E-state index is -0.267. The fourth-order valence-corrected chi connectivity index (χ4v) is 4.39. The minimum Gasteiger partial charge on any atom is -0.354 e. The minimum absolute atomic E-state index is 0.267. The van der Waals surface area contributed by atoms with Crippen LogP contribution >= 0.6 is 0 Å². The number of hydrogen-bond donors (Lipinski definition) is 2. The highest BCUT2D eigenvalue weighted by Gasteiger charge is 2.25. The number of unbranched alkanes of at least 4 members (excludes halogenated alkanes) is 2. The average molecular weight is 438 g/mol. The van der Waals surface area contributed by atoms with Gasteiger partial charge in [-0.25, -0.2) is 13.9 Å². The number of anilines is 3. The average Bonchev–Trinajstić information content (AvgIpc) is 3.13. The molecule has 1 aliphatic carbocycles. The summed E-state index contributed by atoms with van der Waals surface area (Å²) < 4.78 is 15.3. The zero-order chi connectivity index (χ0) is 22.5. The Bertz CT molecular complexity index is 1050. The van der Waals surface area contributed by atoms with Crippen molar-refractivity contribution in [2.75, 3.05) is 10.6 Å². The van der Waals surface area contributed by atoms with E-state index in [1.165, 1.54) is 31.4 Å². The Balaban J connectivity index is 1.63. The molecular weight excluding hydrogens is 405 g/mol. The van der Waals surface area contributed by atoms with Crippen LogP contribution in [0.15, 0.2) is 36.5 Å². The van der Waals surface area contributed by atoms with Crippen LogP contribution in [0, 0.1) is 5.82 Å². The predicted molar refractivity (Wildman–Crippen MR) is 126 cm³/mol. The fourth-order valence-electron chi connectivity index (χ4n) is 4.39. The van der Waals surface area contributed by atoms with Crippen LogP contribution in [-0.2, 0) is 4.79 Å². The Morgan fingerprint density at radius 1 is 1.19 bits per heavy atom. The number of carbonyl (C=O) groups excluding carboxylic acids is 1. The number of nitrogens with zero attached hydrogens (tertiary/aromatic N) is 3. The molecule has 1 aromatic carbocycles. The molecule has 32 heavy (non-hydrogen) atoms. The largest absolute Gasteiger partial charge is 0.354 e. The number of ketones is 1. The molecular formula is C25H32FN5O. The number of nitrogens with one attached hydrogen (secondary N) is 2. The lowest BCUT2D eigenvalue weighted by Crippen LogP contribution is -2.19. The molecule has 1 saturated carbocycles. The molecule has 3 aromatic rings. The van der Waals surface area contributed by atoms with Gasteiger partial charge in [-0.3, -0.25) is 4.79 Å². The van der Waals surface area contributed by atoms with Crippen molar-refractivity contribution in [3.05, 3.63) is 48.0 Å². The molecule has 1 aliphatic rings. The summed E-state index contributed by atoms with van der Waals surface area (Å²) in [5, 5.41) is 11.6. The van der Waals surface area contributed by atoms with Crippen LogP contribution in [0.3, 0.4) is 0 Å². The summed E-state index contributed by atoms with van der Waals surface area (Å²) in [4.78, 5) is 16.3. The quantitative estimate of drug-likeness (QED) is 0.389. The summed E-state index contributed by atoms with van der Waals surface area (Å²) in [6.07, 6.45) is 9.42. The maximum absolute atomic E-state index is 13.3. The second-order valence-electron chi connectivity index (χ2n) is 8.85. The number of hydrogen-bond acceptors (Lipinski definition) is 5. The Kier molecular flexibility index (Phi) is 7.02. The summed E-state index contributed by atoms with van der Waals surface area (Å²) >= 11 is 0. The second-order valence-corrected chi connectivity index (χ2v) is 8.85. The molecule has 4 rings (SSSR count). The van der Waals surface area contributed by atoms with Crippen molar-refractivity contribution in [1.29, 1.82) is 0 Å². The molecule has 1 unspecified atom stereocenters. The van der Waals surface area contributed by atoms with Gasteiger partial charge in [0.05, 0.1) is 11.9 Å². The number of carbonyl (C=O) groups is 1. The lowest BCUT2D eigenvalue weighted by Gasteiger charge is -2.20. The molecule has 1 fully saturated rings. The molecule has 0 bridgehead atoms. The third-order valence-corrected chi connectivity index (χ3v) is 6.25. The molecule has 0 spiro atoms. The number of rotatable bonds is 9. The molecule has 1 atom stereocenters. The number of halogens is 1. The maximum atomic E-state index is 13.3. The molecule has 0 aliphatic heterocycles. The van der Waals surface area contributed by atoms with Crippen molar-refractivity contribution >= 4 is 28.6 Å². The van der Waals surface area contributed by atoms with Gasteiger partial charge < -0.3 is 10.6 Å². The second kappa shape index (κ2) is 10.1. The Morgan fingerprint density at radius 2 is 1.94 bits per heavy atom.